The van der Waals surface area contributed by atoms with E-state index in [4.69, 9.17) is 0 Å². The number of rotatable bonds is 8. The van der Waals surface area contributed by atoms with Crippen LogP contribution in [0.1, 0.15) is 27.2 Å². The first kappa shape index (κ1) is 17.5. The Morgan fingerprint density at radius 1 is 1.40 bits per heavy atom. The van der Waals surface area contributed by atoms with E-state index in [1.54, 1.807) is 11.8 Å². The Bertz CT molecular complexity index is 158. The average Bonchev–Trinajstić information content (AvgIpc) is 2.16. The minimum atomic E-state index is 0. The fourth-order valence-electron chi connectivity index (χ4n) is 1.05. The fourth-order valence-corrected chi connectivity index (χ4v) is 1.77. The second-order valence-electron chi connectivity index (χ2n) is 3.32. The van der Waals surface area contributed by atoms with Gasteiger partial charge < -0.3 is 10.6 Å². The number of likely N-dealkylation sites (N-methyl/N-ethyl adjacent to an activating group) is 1. The van der Waals surface area contributed by atoms with Crippen LogP contribution in [-0.4, -0.2) is 36.5 Å². The third kappa shape index (κ3) is 12.0. The highest BCUT2D eigenvalue weighted by atomic mass is 35.5. The fraction of sp³-hybridized carbons (Fsp3) is 0.900. The van der Waals surface area contributed by atoms with Gasteiger partial charge in [0.1, 0.15) is 0 Å². The molecule has 0 radical (unpaired) electrons. The lowest BCUT2D eigenvalue weighted by atomic mass is 10.3. The van der Waals surface area contributed by atoms with Gasteiger partial charge in [-0.3, -0.25) is 4.79 Å². The van der Waals surface area contributed by atoms with Gasteiger partial charge >= 0.3 is 0 Å². The molecule has 0 unspecified atom stereocenters. The van der Waals surface area contributed by atoms with Gasteiger partial charge in [0, 0.05) is 12.6 Å². The topological polar surface area (TPSA) is 41.1 Å². The van der Waals surface area contributed by atoms with Crippen LogP contribution in [0.4, 0.5) is 0 Å². The van der Waals surface area contributed by atoms with Gasteiger partial charge in [-0.25, -0.2) is 0 Å². The zero-order chi connectivity index (χ0) is 10.8. The summed E-state index contributed by atoms with van der Waals surface area (Å²) < 4.78 is 0. The summed E-state index contributed by atoms with van der Waals surface area (Å²) in [4.78, 5) is 11.3. The number of hydrogen-bond acceptors (Lipinski definition) is 3. The second kappa shape index (κ2) is 12.1. The summed E-state index contributed by atoms with van der Waals surface area (Å²) in [7, 11) is 0. The number of thioether (sulfide) groups is 1. The summed E-state index contributed by atoms with van der Waals surface area (Å²) >= 11 is 1.69. The Labute approximate surface area is 104 Å². The molecule has 1 atom stereocenters. The first-order chi connectivity index (χ1) is 6.70. The summed E-state index contributed by atoms with van der Waals surface area (Å²) in [5.74, 6) is 1.80. The molecule has 0 aromatic carbocycles. The summed E-state index contributed by atoms with van der Waals surface area (Å²) in [6, 6.07) is 0.361. The number of carbonyl (C=O) groups excluding carboxylic acids is 1. The van der Waals surface area contributed by atoms with E-state index < -0.39 is 0 Å². The Morgan fingerprint density at radius 2 is 2.07 bits per heavy atom. The second-order valence-corrected chi connectivity index (χ2v) is 4.42. The van der Waals surface area contributed by atoms with Crippen LogP contribution in [-0.2, 0) is 4.79 Å². The van der Waals surface area contributed by atoms with Crippen LogP contribution >= 0.6 is 24.2 Å². The maximum Gasteiger partial charge on any atom is 0.230 e. The third-order valence-electron chi connectivity index (χ3n) is 1.74. The smallest absolute Gasteiger partial charge is 0.230 e. The van der Waals surface area contributed by atoms with Crippen molar-refractivity contribution in [1.29, 1.82) is 0 Å². The van der Waals surface area contributed by atoms with Crippen molar-refractivity contribution >= 4 is 30.1 Å². The number of amides is 1. The predicted molar refractivity (Wildman–Crippen MR) is 71.0 cm³/mol. The molecule has 3 nitrogen and oxygen atoms in total. The Kier molecular flexibility index (Phi) is 14.1. The highest BCUT2D eigenvalue weighted by molar-refractivity contribution is 7.99. The molecule has 2 N–H and O–H groups in total. The molecule has 0 aliphatic heterocycles. The maximum absolute atomic E-state index is 11.3. The first-order valence-corrected chi connectivity index (χ1v) is 6.44. The lowest BCUT2D eigenvalue weighted by Gasteiger charge is -2.12. The highest BCUT2D eigenvalue weighted by Gasteiger charge is 2.03. The molecule has 0 saturated heterocycles. The zero-order valence-corrected chi connectivity index (χ0v) is 11.5. The van der Waals surface area contributed by atoms with Gasteiger partial charge in [0.05, 0.1) is 5.75 Å². The Morgan fingerprint density at radius 3 is 2.60 bits per heavy atom. The van der Waals surface area contributed by atoms with Crippen molar-refractivity contribution in [2.45, 2.75) is 33.2 Å². The number of nitrogens with one attached hydrogen (secondary N) is 2. The van der Waals surface area contributed by atoms with Crippen LogP contribution < -0.4 is 10.6 Å². The molecule has 0 aliphatic rings. The minimum Gasteiger partial charge on any atom is -0.354 e. The molecule has 0 bridgehead atoms. The van der Waals surface area contributed by atoms with Crippen LogP contribution in [0.5, 0.6) is 0 Å². The third-order valence-corrected chi connectivity index (χ3v) is 2.90. The molecule has 5 heteroatoms. The van der Waals surface area contributed by atoms with E-state index in [0.717, 1.165) is 25.3 Å². The van der Waals surface area contributed by atoms with Gasteiger partial charge in [0.15, 0.2) is 0 Å². The van der Waals surface area contributed by atoms with E-state index in [9.17, 15) is 4.79 Å². The largest absolute Gasteiger partial charge is 0.354 e. The van der Waals surface area contributed by atoms with E-state index in [2.05, 4.69) is 31.4 Å². The van der Waals surface area contributed by atoms with Crippen LogP contribution in [0.2, 0.25) is 0 Å². The highest BCUT2D eigenvalue weighted by Crippen LogP contribution is 2.00. The van der Waals surface area contributed by atoms with Gasteiger partial charge in [0.25, 0.3) is 0 Å². The van der Waals surface area contributed by atoms with Crippen molar-refractivity contribution in [3.63, 3.8) is 0 Å². The van der Waals surface area contributed by atoms with E-state index in [1.807, 2.05) is 0 Å². The standard InChI is InChI=1S/C10H22N2OS.ClH/c1-4-6-14-8-10(13)12-7-9(3)11-5-2;/h9,11H,4-8H2,1-3H3,(H,12,13);1H/t9-;/m1./s1. The molecule has 0 aliphatic carbocycles. The Balaban J connectivity index is 0. The maximum atomic E-state index is 11.3. The first-order valence-electron chi connectivity index (χ1n) is 5.28. The number of hydrogen-bond donors (Lipinski definition) is 2. The summed E-state index contributed by atoms with van der Waals surface area (Å²) in [5, 5.41) is 6.15. The minimum absolute atomic E-state index is 0. The monoisotopic (exact) mass is 254 g/mol. The SMILES string of the molecule is CCCSCC(=O)NC[C@@H](C)NCC.Cl. The molecule has 0 aromatic rings. The van der Waals surface area contributed by atoms with E-state index >= 15 is 0 Å². The molecular formula is C10H23ClN2OS. The molecule has 92 valence electrons. The molecule has 0 rings (SSSR count). The summed E-state index contributed by atoms with van der Waals surface area (Å²) in [5.41, 5.74) is 0. The zero-order valence-electron chi connectivity index (χ0n) is 9.84. The molecular weight excluding hydrogens is 232 g/mol. The van der Waals surface area contributed by atoms with Crippen molar-refractivity contribution < 1.29 is 4.79 Å². The number of halogens is 1. The predicted octanol–water partition coefficient (Wildman–Crippen LogP) is 1.67. The van der Waals surface area contributed by atoms with Crippen molar-refractivity contribution in [1.82, 2.24) is 10.6 Å². The van der Waals surface area contributed by atoms with E-state index in [0.29, 0.717) is 11.8 Å². The summed E-state index contributed by atoms with van der Waals surface area (Å²) in [6.45, 7) is 7.93. The molecule has 15 heavy (non-hydrogen) atoms. The normalized spacial score (nSPS) is 11.7. The van der Waals surface area contributed by atoms with Crippen molar-refractivity contribution in [3.8, 4) is 0 Å². The molecule has 1 amide bonds. The number of carbonyl (C=O) groups is 1. The van der Waals surface area contributed by atoms with E-state index in [-0.39, 0.29) is 18.3 Å². The van der Waals surface area contributed by atoms with Gasteiger partial charge in [-0.1, -0.05) is 13.8 Å². The van der Waals surface area contributed by atoms with Gasteiger partial charge in [0.2, 0.25) is 5.91 Å². The van der Waals surface area contributed by atoms with Crippen LogP contribution in [0.3, 0.4) is 0 Å². The van der Waals surface area contributed by atoms with Crippen molar-refractivity contribution in [2.75, 3.05) is 24.6 Å². The summed E-state index contributed by atoms with van der Waals surface area (Å²) in [6.07, 6.45) is 1.13. The van der Waals surface area contributed by atoms with Crippen LogP contribution in [0, 0.1) is 0 Å². The quantitative estimate of drug-likeness (QED) is 0.648. The Hall–Kier alpha value is 0.0700. The van der Waals surface area contributed by atoms with Crippen molar-refractivity contribution in [2.24, 2.45) is 0 Å². The molecule has 0 saturated carbocycles. The molecule has 0 aromatic heterocycles. The van der Waals surface area contributed by atoms with E-state index in [1.165, 1.54) is 0 Å². The van der Waals surface area contributed by atoms with Gasteiger partial charge in [-0.2, -0.15) is 11.8 Å². The van der Waals surface area contributed by atoms with Crippen LogP contribution in [0.25, 0.3) is 0 Å². The van der Waals surface area contributed by atoms with Crippen LogP contribution in [0.15, 0.2) is 0 Å². The molecule has 0 spiro atoms. The van der Waals surface area contributed by atoms with Gasteiger partial charge in [-0.15, -0.1) is 12.4 Å². The lowest BCUT2D eigenvalue weighted by molar-refractivity contribution is -0.118. The average molecular weight is 255 g/mol. The van der Waals surface area contributed by atoms with Crippen molar-refractivity contribution in [3.05, 3.63) is 0 Å². The lowest BCUT2D eigenvalue weighted by Crippen LogP contribution is -2.39. The molecule has 0 fully saturated rings. The van der Waals surface area contributed by atoms with Gasteiger partial charge in [-0.05, 0) is 25.6 Å². The molecule has 0 heterocycles.